The lowest BCUT2D eigenvalue weighted by Crippen LogP contribution is -2.32. The van der Waals surface area contributed by atoms with Gasteiger partial charge in [0.1, 0.15) is 5.92 Å². The van der Waals surface area contributed by atoms with Crippen molar-refractivity contribution in [1.82, 2.24) is 4.31 Å². The molecule has 1 aliphatic rings. The van der Waals surface area contributed by atoms with E-state index < -0.39 is 33.5 Å². The lowest BCUT2D eigenvalue weighted by molar-refractivity contribution is -0.138. The quantitative estimate of drug-likeness (QED) is 0.530. The molecule has 2 aromatic rings. The SMILES string of the molecule is CCN(CC)S(=O)(=O)c1cccc(NC(=O)C(=O)[C@@H]2C(=O)Nc3ccccc32)c1. The number of ketones is 1. The minimum atomic E-state index is -3.71. The molecule has 0 fully saturated rings. The molecule has 3 rings (SSSR count). The van der Waals surface area contributed by atoms with Crippen LogP contribution in [0.2, 0.25) is 0 Å². The third-order valence-corrected chi connectivity index (χ3v) is 6.76. The maximum Gasteiger partial charge on any atom is 0.292 e. The van der Waals surface area contributed by atoms with Crippen LogP contribution in [0.1, 0.15) is 25.3 Å². The standard InChI is InChI=1S/C20H21N3O5S/c1-3-23(4-2)29(27,28)14-9-7-8-13(12-14)21-20(26)18(24)17-15-10-5-6-11-16(15)22-19(17)25/h5-12,17H,3-4H2,1-2H3,(H,21,26)(H,22,25)/t17-/m1/s1. The van der Waals surface area contributed by atoms with E-state index in [-0.39, 0.29) is 10.6 Å². The molecule has 29 heavy (non-hydrogen) atoms. The summed E-state index contributed by atoms with van der Waals surface area (Å²) in [6.07, 6.45) is 0. The van der Waals surface area contributed by atoms with E-state index in [0.29, 0.717) is 24.3 Å². The van der Waals surface area contributed by atoms with Crippen molar-refractivity contribution in [3.05, 3.63) is 54.1 Å². The van der Waals surface area contributed by atoms with Gasteiger partial charge in [0.15, 0.2) is 0 Å². The fraction of sp³-hybridized carbons (Fsp3) is 0.250. The molecule has 9 heteroatoms. The number of amides is 2. The van der Waals surface area contributed by atoms with Gasteiger partial charge < -0.3 is 10.6 Å². The lowest BCUT2D eigenvalue weighted by atomic mass is 9.95. The molecule has 1 heterocycles. The van der Waals surface area contributed by atoms with E-state index >= 15 is 0 Å². The van der Waals surface area contributed by atoms with Gasteiger partial charge in [-0.25, -0.2) is 8.42 Å². The van der Waals surface area contributed by atoms with Crippen LogP contribution in [-0.2, 0) is 24.4 Å². The molecule has 0 bridgehead atoms. The Labute approximate surface area is 169 Å². The third kappa shape index (κ3) is 3.92. The van der Waals surface area contributed by atoms with Crippen molar-refractivity contribution in [1.29, 1.82) is 0 Å². The number of nitrogens with one attached hydrogen (secondary N) is 2. The number of hydrogen-bond acceptors (Lipinski definition) is 5. The maximum absolute atomic E-state index is 12.6. The van der Waals surface area contributed by atoms with Gasteiger partial charge in [0.2, 0.25) is 21.7 Å². The molecule has 2 aromatic carbocycles. The van der Waals surface area contributed by atoms with Crippen LogP contribution in [0.4, 0.5) is 11.4 Å². The Morgan fingerprint density at radius 3 is 2.45 bits per heavy atom. The van der Waals surface area contributed by atoms with Crippen LogP contribution in [0.15, 0.2) is 53.4 Å². The summed E-state index contributed by atoms with van der Waals surface area (Å²) in [6, 6.07) is 12.3. The van der Waals surface area contributed by atoms with Gasteiger partial charge in [-0.05, 0) is 29.8 Å². The van der Waals surface area contributed by atoms with Crippen LogP contribution in [-0.4, -0.2) is 43.4 Å². The summed E-state index contributed by atoms with van der Waals surface area (Å²) in [7, 11) is -3.71. The van der Waals surface area contributed by atoms with E-state index in [1.165, 1.54) is 28.6 Å². The molecule has 2 N–H and O–H groups in total. The highest BCUT2D eigenvalue weighted by Gasteiger charge is 2.39. The molecule has 152 valence electrons. The Balaban J connectivity index is 1.82. The first-order chi connectivity index (χ1) is 13.8. The summed E-state index contributed by atoms with van der Waals surface area (Å²) in [4.78, 5) is 37.2. The summed E-state index contributed by atoms with van der Waals surface area (Å²) in [5, 5.41) is 4.98. The molecule has 0 radical (unpaired) electrons. The predicted molar refractivity (Wildman–Crippen MR) is 108 cm³/mol. The minimum absolute atomic E-state index is 0.00963. The monoisotopic (exact) mass is 415 g/mol. The van der Waals surface area contributed by atoms with Gasteiger partial charge in [-0.2, -0.15) is 4.31 Å². The second kappa shape index (κ2) is 8.14. The van der Waals surface area contributed by atoms with E-state index in [4.69, 9.17) is 0 Å². The Bertz CT molecular complexity index is 1080. The van der Waals surface area contributed by atoms with Crippen LogP contribution in [0.25, 0.3) is 0 Å². The van der Waals surface area contributed by atoms with Crippen molar-refractivity contribution in [2.24, 2.45) is 0 Å². The fourth-order valence-corrected chi connectivity index (χ4v) is 4.74. The highest BCUT2D eigenvalue weighted by Crippen LogP contribution is 2.33. The van der Waals surface area contributed by atoms with Crippen molar-refractivity contribution in [2.45, 2.75) is 24.7 Å². The number of para-hydroxylation sites is 1. The van der Waals surface area contributed by atoms with E-state index in [9.17, 15) is 22.8 Å². The highest BCUT2D eigenvalue weighted by atomic mass is 32.2. The number of sulfonamides is 1. The second-order valence-corrected chi connectivity index (χ2v) is 8.38. The number of carbonyl (C=O) groups is 3. The van der Waals surface area contributed by atoms with E-state index in [2.05, 4.69) is 10.6 Å². The highest BCUT2D eigenvalue weighted by molar-refractivity contribution is 7.89. The molecular formula is C20H21N3O5S. The zero-order valence-corrected chi connectivity index (χ0v) is 16.8. The molecule has 2 amide bonds. The largest absolute Gasteiger partial charge is 0.325 e. The number of rotatable bonds is 7. The van der Waals surface area contributed by atoms with Crippen LogP contribution in [0, 0.1) is 0 Å². The molecule has 1 aliphatic heterocycles. The zero-order valence-electron chi connectivity index (χ0n) is 16.0. The van der Waals surface area contributed by atoms with Crippen molar-refractivity contribution in [3.63, 3.8) is 0 Å². The van der Waals surface area contributed by atoms with Crippen LogP contribution >= 0.6 is 0 Å². The van der Waals surface area contributed by atoms with E-state index in [1.54, 1.807) is 38.1 Å². The van der Waals surface area contributed by atoms with Crippen molar-refractivity contribution in [2.75, 3.05) is 23.7 Å². The van der Waals surface area contributed by atoms with Crippen molar-refractivity contribution >= 4 is 39.0 Å². The van der Waals surface area contributed by atoms with Gasteiger partial charge in [0, 0.05) is 24.5 Å². The van der Waals surface area contributed by atoms with Crippen LogP contribution in [0.5, 0.6) is 0 Å². The summed E-state index contributed by atoms with van der Waals surface area (Å²) in [6.45, 7) is 4.08. The molecule has 0 saturated heterocycles. The van der Waals surface area contributed by atoms with Crippen molar-refractivity contribution in [3.8, 4) is 0 Å². The zero-order chi connectivity index (χ0) is 21.2. The first-order valence-corrected chi connectivity index (χ1v) is 10.6. The van der Waals surface area contributed by atoms with Gasteiger partial charge in [0.25, 0.3) is 5.91 Å². The Morgan fingerprint density at radius 2 is 1.76 bits per heavy atom. The van der Waals surface area contributed by atoms with Gasteiger partial charge in [-0.1, -0.05) is 38.1 Å². The molecular weight excluding hydrogens is 394 g/mol. The molecule has 0 aromatic heterocycles. The first-order valence-electron chi connectivity index (χ1n) is 9.14. The smallest absolute Gasteiger partial charge is 0.292 e. The maximum atomic E-state index is 12.6. The summed E-state index contributed by atoms with van der Waals surface area (Å²) < 4.78 is 26.6. The lowest BCUT2D eigenvalue weighted by Gasteiger charge is -2.18. The minimum Gasteiger partial charge on any atom is -0.325 e. The Hall–Kier alpha value is -3.04. The molecule has 8 nitrogen and oxygen atoms in total. The predicted octanol–water partition coefficient (Wildman–Crippen LogP) is 1.96. The van der Waals surface area contributed by atoms with Gasteiger partial charge >= 0.3 is 0 Å². The molecule has 0 unspecified atom stereocenters. The van der Waals surface area contributed by atoms with Gasteiger partial charge in [0.05, 0.1) is 4.90 Å². The molecule has 1 atom stereocenters. The average Bonchev–Trinajstić information content (AvgIpc) is 3.04. The number of fused-ring (bicyclic) bond motifs is 1. The molecule has 0 spiro atoms. The summed E-state index contributed by atoms with van der Waals surface area (Å²) in [5.74, 6) is -3.69. The topological polar surface area (TPSA) is 113 Å². The number of benzene rings is 2. The van der Waals surface area contributed by atoms with Crippen LogP contribution in [0.3, 0.4) is 0 Å². The third-order valence-electron chi connectivity index (χ3n) is 4.71. The molecule has 0 aliphatic carbocycles. The number of anilines is 2. The number of Topliss-reactive ketones (excluding diaryl/α,β-unsaturated/α-hetero) is 1. The van der Waals surface area contributed by atoms with Gasteiger partial charge in [-0.15, -0.1) is 0 Å². The fourth-order valence-electron chi connectivity index (χ4n) is 3.24. The van der Waals surface area contributed by atoms with Crippen LogP contribution < -0.4 is 10.6 Å². The Morgan fingerprint density at radius 1 is 1.07 bits per heavy atom. The Kier molecular flexibility index (Phi) is 5.81. The summed E-state index contributed by atoms with van der Waals surface area (Å²) in [5.41, 5.74) is 1.09. The van der Waals surface area contributed by atoms with E-state index in [1.807, 2.05) is 0 Å². The number of carbonyl (C=O) groups excluding carboxylic acids is 3. The number of hydrogen-bond donors (Lipinski definition) is 2. The summed E-state index contributed by atoms with van der Waals surface area (Å²) >= 11 is 0. The first kappa shape index (κ1) is 20.7. The average molecular weight is 415 g/mol. The van der Waals surface area contributed by atoms with Crippen molar-refractivity contribution < 1.29 is 22.8 Å². The molecule has 0 saturated carbocycles. The second-order valence-electron chi connectivity index (χ2n) is 6.45. The van der Waals surface area contributed by atoms with Gasteiger partial charge in [-0.3, -0.25) is 14.4 Å². The normalized spacial score (nSPS) is 15.7. The number of nitrogens with zero attached hydrogens (tertiary/aromatic N) is 1. The van der Waals surface area contributed by atoms with E-state index in [0.717, 1.165) is 0 Å².